The molecule has 0 spiro atoms. The number of amides is 1. The molecule has 168 valence electrons. The predicted molar refractivity (Wildman–Crippen MR) is 125 cm³/mol. The Bertz CT molecular complexity index is 1220. The summed E-state index contributed by atoms with van der Waals surface area (Å²) < 4.78 is 10.8. The van der Waals surface area contributed by atoms with Gasteiger partial charge in [0.1, 0.15) is 17.6 Å². The summed E-state index contributed by atoms with van der Waals surface area (Å²) in [5.74, 6) is 1.66. The van der Waals surface area contributed by atoms with Crippen molar-refractivity contribution in [2.45, 2.75) is 0 Å². The molecule has 0 radical (unpaired) electrons. The fourth-order valence-corrected chi connectivity index (χ4v) is 3.64. The first-order valence-electron chi connectivity index (χ1n) is 10.4. The molecule has 3 aromatic rings. The van der Waals surface area contributed by atoms with E-state index >= 15 is 0 Å². The summed E-state index contributed by atoms with van der Waals surface area (Å²) in [5.41, 5.74) is 3.50. The van der Waals surface area contributed by atoms with Gasteiger partial charge in [-0.2, -0.15) is 5.26 Å². The second-order valence-electron chi connectivity index (χ2n) is 7.54. The number of likely N-dealkylation sites (N-methyl/N-ethyl adjacent to an activating group) is 1. The van der Waals surface area contributed by atoms with Crippen LogP contribution < -0.4 is 19.7 Å². The molecule has 0 aliphatic carbocycles. The van der Waals surface area contributed by atoms with Crippen molar-refractivity contribution < 1.29 is 14.3 Å². The van der Waals surface area contributed by atoms with Crippen molar-refractivity contribution in [1.29, 1.82) is 5.26 Å². The van der Waals surface area contributed by atoms with E-state index in [1.165, 1.54) is 7.11 Å². The van der Waals surface area contributed by atoms with Gasteiger partial charge in [0.05, 0.1) is 37.7 Å². The van der Waals surface area contributed by atoms with E-state index < -0.39 is 0 Å². The van der Waals surface area contributed by atoms with E-state index in [0.29, 0.717) is 41.8 Å². The Balaban J connectivity index is 1.56. The van der Waals surface area contributed by atoms with Crippen molar-refractivity contribution in [3.8, 4) is 28.8 Å². The largest absolute Gasteiger partial charge is 0.495 e. The molecule has 1 aliphatic heterocycles. The molecule has 0 bridgehead atoms. The van der Waals surface area contributed by atoms with Crippen LogP contribution in [0.4, 0.5) is 17.3 Å². The number of carbonyl (C=O) groups excluding carboxylic acids is 1. The lowest BCUT2D eigenvalue weighted by Gasteiger charge is -2.34. The van der Waals surface area contributed by atoms with Crippen LogP contribution in [0, 0.1) is 11.3 Å². The molecule has 9 heteroatoms. The first-order valence-corrected chi connectivity index (χ1v) is 10.4. The molecule has 33 heavy (non-hydrogen) atoms. The fourth-order valence-electron chi connectivity index (χ4n) is 3.64. The maximum atomic E-state index is 12.1. The summed E-state index contributed by atoms with van der Waals surface area (Å²) in [6.45, 7) is 1.72. The zero-order chi connectivity index (χ0) is 23.4. The number of rotatable bonds is 6. The Kier molecular flexibility index (Phi) is 6.26. The highest BCUT2D eigenvalue weighted by atomic mass is 16.5. The van der Waals surface area contributed by atoms with Crippen molar-refractivity contribution in [3.05, 3.63) is 54.2 Å². The molecule has 0 unspecified atom stereocenters. The number of nitriles is 1. The number of hydrogen-bond donors (Lipinski definition) is 1. The summed E-state index contributed by atoms with van der Waals surface area (Å²) >= 11 is 0. The second-order valence-corrected chi connectivity index (χ2v) is 7.54. The lowest BCUT2D eigenvalue weighted by molar-refractivity contribution is -0.129. The number of carbonyl (C=O) groups is 1. The van der Waals surface area contributed by atoms with Crippen molar-refractivity contribution in [1.82, 2.24) is 14.9 Å². The van der Waals surface area contributed by atoms with E-state index in [9.17, 15) is 10.1 Å². The SMILES string of the molecule is COc1ccc(-c2ccnc(Nc3ccc(N4CCN(C)C(=O)C4)c(OC)c3)n2)cc1C#N. The molecular formula is C24H24N6O3. The average molecular weight is 444 g/mol. The molecule has 1 aromatic heterocycles. The number of ether oxygens (including phenoxy) is 2. The quantitative estimate of drug-likeness (QED) is 0.619. The van der Waals surface area contributed by atoms with Crippen molar-refractivity contribution in [2.75, 3.05) is 51.1 Å². The van der Waals surface area contributed by atoms with Crippen LogP contribution in [0.5, 0.6) is 11.5 Å². The van der Waals surface area contributed by atoms with Gasteiger partial charge in [-0.1, -0.05) is 0 Å². The Morgan fingerprint density at radius 3 is 2.61 bits per heavy atom. The lowest BCUT2D eigenvalue weighted by atomic mass is 10.1. The topological polar surface area (TPSA) is 104 Å². The molecule has 1 saturated heterocycles. The number of anilines is 3. The molecule has 0 saturated carbocycles. The third-order valence-electron chi connectivity index (χ3n) is 5.51. The van der Waals surface area contributed by atoms with Crippen LogP contribution in [0.3, 0.4) is 0 Å². The number of hydrogen-bond acceptors (Lipinski definition) is 8. The van der Waals surface area contributed by atoms with Crippen LogP contribution in [0.1, 0.15) is 5.56 Å². The Labute approximate surface area is 192 Å². The molecule has 2 heterocycles. The Morgan fingerprint density at radius 1 is 1.06 bits per heavy atom. The number of nitrogens with zero attached hydrogens (tertiary/aromatic N) is 5. The van der Waals surface area contributed by atoms with Crippen LogP contribution >= 0.6 is 0 Å². The third-order valence-corrected chi connectivity index (χ3v) is 5.51. The van der Waals surface area contributed by atoms with E-state index in [1.54, 1.807) is 36.4 Å². The van der Waals surface area contributed by atoms with Gasteiger partial charge in [0.15, 0.2) is 0 Å². The minimum Gasteiger partial charge on any atom is -0.495 e. The van der Waals surface area contributed by atoms with Crippen LogP contribution in [0.2, 0.25) is 0 Å². The standard InChI is InChI=1S/C24H24N6O3/c1-29-10-11-30(15-23(29)31)20-6-5-18(13-22(20)33-3)27-24-26-9-8-19(28-24)16-4-7-21(32-2)17(12-16)14-25/h4-9,12-13H,10-11,15H2,1-3H3,(H,26,27,28). The molecule has 0 atom stereocenters. The summed E-state index contributed by atoms with van der Waals surface area (Å²) in [4.78, 5) is 24.7. The lowest BCUT2D eigenvalue weighted by Crippen LogP contribution is -2.48. The molecule has 1 fully saturated rings. The van der Waals surface area contributed by atoms with Gasteiger partial charge in [0.25, 0.3) is 0 Å². The average Bonchev–Trinajstić information content (AvgIpc) is 2.85. The number of aromatic nitrogens is 2. The summed E-state index contributed by atoms with van der Waals surface area (Å²) in [5, 5.41) is 12.6. The Morgan fingerprint density at radius 2 is 1.88 bits per heavy atom. The van der Waals surface area contributed by atoms with Gasteiger partial charge in [-0.05, 0) is 36.4 Å². The highest BCUT2D eigenvalue weighted by molar-refractivity contribution is 5.83. The van der Waals surface area contributed by atoms with Crippen LogP contribution in [-0.2, 0) is 4.79 Å². The van der Waals surface area contributed by atoms with Gasteiger partial charge in [0.2, 0.25) is 11.9 Å². The first kappa shape index (κ1) is 21.9. The van der Waals surface area contributed by atoms with Gasteiger partial charge >= 0.3 is 0 Å². The number of nitrogens with one attached hydrogen (secondary N) is 1. The normalized spacial score (nSPS) is 13.5. The van der Waals surface area contributed by atoms with Crippen LogP contribution in [0.15, 0.2) is 48.7 Å². The fraction of sp³-hybridized carbons (Fsp3) is 0.250. The van der Waals surface area contributed by atoms with Gasteiger partial charge in [0, 0.05) is 43.7 Å². The maximum Gasteiger partial charge on any atom is 0.241 e. The van der Waals surface area contributed by atoms with E-state index in [1.807, 2.05) is 36.2 Å². The number of methoxy groups -OCH3 is 2. The van der Waals surface area contributed by atoms with E-state index in [0.717, 1.165) is 23.5 Å². The molecule has 9 nitrogen and oxygen atoms in total. The van der Waals surface area contributed by atoms with Gasteiger partial charge < -0.3 is 24.6 Å². The predicted octanol–water partition coefficient (Wildman–Crippen LogP) is 3.05. The van der Waals surface area contributed by atoms with Gasteiger partial charge in [-0.15, -0.1) is 0 Å². The Hall–Kier alpha value is -4.32. The molecular weight excluding hydrogens is 420 g/mol. The first-order chi connectivity index (χ1) is 16.0. The zero-order valence-corrected chi connectivity index (χ0v) is 18.7. The highest BCUT2D eigenvalue weighted by Gasteiger charge is 2.23. The molecule has 1 aliphatic rings. The molecule has 1 N–H and O–H groups in total. The molecule has 2 aromatic carbocycles. The van der Waals surface area contributed by atoms with Crippen molar-refractivity contribution in [2.24, 2.45) is 0 Å². The highest BCUT2D eigenvalue weighted by Crippen LogP contribution is 2.33. The van der Waals surface area contributed by atoms with Gasteiger partial charge in [-0.25, -0.2) is 9.97 Å². The maximum absolute atomic E-state index is 12.1. The molecule has 1 amide bonds. The van der Waals surface area contributed by atoms with Gasteiger partial charge in [-0.3, -0.25) is 4.79 Å². The monoisotopic (exact) mass is 444 g/mol. The zero-order valence-electron chi connectivity index (χ0n) is 18.7. The van der Waals surface area contributed by atoms with Crippen molar-refractivity contribution in [3.63, 3.8) is 0 Å². The van der Waals surface area contributed by atoms with E-state index in [4.69, 9.17) is 9.47 Å². The summed E-state index contributed by atoms with van der Waals surface area (Å²) in [6, 6.07) is 14.9. The third kappa shape index (κ3) is 4.65. The van der Waals surface area contributed by atoms with E-state index in [-0.39, 0.29) is 5.91 Å². The molecule has 4 rings (SSSR count). The number of benzene rings is 2. The van der Waals surface area contributed by atoms with Crippen LogP contribution in [0.25, 0.3) is 11.3 Å². The minimum atomic E-state index is 0.0776. The van der Waals surface area contributed by atoms with Crippen molar-refractivity contribution >= 4 is 23.2 Å². The summed E-state index contributed by atoms with van der Waals surface area (Å²) in [7, 11) is 4.95. The van der Waals surface area contributed by atoms with E-state index in [2.05, 4.69) is 21.4 Å². The number of piperazine rings is 1. The van der Waals surface area contributed by atoms with Crippen LogP contribution in [-0.4, -0.2) is 61.7 Å². The summed E-state index contributed by atoms with van der Waals surface area (Å²) in [6.07, 6.45) is 1.66. The second kappa shape index (κ2) is 9.44. The minimum absolute atomic E-state index is 0.0776. The smallest absolute Gasteiger partial charge is 0.241 e.